The highest BCUT2D eigenvalue weighted by molar-refractivity contribution is 7.48. The van der Waals surface area contributed by atoms with Crippen molar-refractivity contribution in [3.8, 4) is 0 Å². The van der Waals surface area contributed by atoms with E-state index in [1.54, 1.807) is 6.92 Å². The highest BCUT2D eigenvalue weighted by Crippen LogP contribution is 2.53. The molecule has 6 N–H and O–H groups in total. The van der Waals surface area contributed by atoms with Crippen molar-refractivity contribution in [3.05, 3.63) is 97.8 Å². The van der Waals surface area contributed by atoms with Crippen molar-refractivity contribution in [1.29, 1.82) is 0 Å². The molecular formula is C40H61N6O25P4-. The summed E-state index contributed by atoms with van der Waals surface area (Å²) in [6, 6.07) is 0. The summed E-state index contributed by atoms with van der Waals surface area (Å²) in [5.74, 6) is 0.255. The summed E-state index contributed by atoms with van der Waals surface area (Å²) in [5.41, 5.74) is -4.80. The molecule has 0 amide bonds. The Kier molecular flexibility index (Phi) is 20.5. The zero-order chi connectivity index (χ0) is 55.2. The lowest BCUT2D eigenvalue weighted by Gasteiger charge is -2.27. The molecule has 3 aromatic heterocycles. The van der Waals surface area contributed by atoms with Gasteiger partial charge in [0.05, 0.1) is 33.0 Å². The summed E-state index contributed by atoms with van der Waals surface area (Å²) in [6.07, 6.45) is -9.21. The number of rotatable bonds is 27. The van der Waals surface area contributed by atoms with Crippen LogP contribution in [0.5, 0.6) is 0 Å². The van der Waals surface area contributed by atoms with E-state index >= 15 is 0 Å². The molecule has 422 valence electrons. The highest BCUT2D eigenvalue weighted by Gasteiger charge is 2.48. The van der Waals surface area contributed by atoms with Gasteiger partial charge in [0.15, 0.2) is 0 Å². The number of phosphoric ester groups is 4. The van der Waals surface area contributed by atoms with Crippen molar-refractivity contribution in [3.63, 3.8) is 0 Å². The lowest BCUT2D eigenvalue weighted by molar-refractivity contribution is -0.228. The van der Waals surface area contributed by atoms with Crippen molar-refractivity contribution < 1.29 is 88.2 Å². The number of nitrogens with one attached hydrogen (secondary N) is 3. The largest absolute Gasteiger partial charge is 0.756 e. The van der Waals surface area contributed by atoms with Gasteiger partial charge in [-0.05, 0) is 46.0 Å². The van der Waals surface area contributed by atoms with Crippen LogP contribution in [0.25, 0.3) is 0 Å². The fraction of sp³-hybridized carbons (Fsp3) is 0.700. The van der Waals surface area contributed by atoms with Crippen molar-refractivity contribution in [1.82, 2.24) is 28.7 Å². The van der Waals surface area contributed by atoms with Crippen LogP contribution >= 0.6 is 31.3 Å². The van der Waals surface area contributed by atoms with Crippen molar-refractivity contribution in [2.24, 2.45) is 5.92 Å². The van der Waals surface area contributed by atoms with Crippen LogP contribution in [0.15, 0.2) is 47.4 Å². The van der Waals surface area contributed by atoms with Gasteiger partial charge in [0, 0.05) is 54.5 Å². The predicted octanol–water partition coefficient (Wildman–Crippen LogP) is 1.67. The lowest BCUT2D eigenvalue weighted by atomic mass is 10.1. The maximum atomic E-state index is 13.8. The molecule has 3 aliphatic heterocycles. The van der Waals surface area contributed by atoms with Gasteiger partial charge in [-0.1, -0.05) is 27.2 Å². The number of H-pyrrole nitrogens is 3. The van der Waals surface area contributed by atoms with Gasteiger partial charge in [-0.3, -0.25) is 74.7 Å². The maximum absolute atomic E-state index is 13.8. The third kappa shape index (κ3) is 16.9. The summed E-state index contributed by atoms with van der Waals surface area (Å²) in [4.78, 5) is 127. The molecule has 35 heteroatoms. The molecule has 0 aromatic carbocycles. The van der Waals surface area contributed by atoms with Crippen LogP contribution in [0.3, 0.4) is 0 Å². The van der Waals surface area contributed by atoms with Gasteiger partial charge in [-0.25, -0.2) is 28.1 Å². The number of hydrogen-bond acceptors (Lipinski definition) is 22. The zero-order valence-electron chi connectivity index (χ0n) is 41.4. The second kappa shape index (κ2) is 25.4. The van der Waals surface area contributed by atoms with E-state index in [1.165, 1.54) is 20.8 Å². The average molecular weight is 1150 g/mol. The van der Waals surface area contributed by atoms with Crippen LogP contribution < -0.4 is 38.6 Å². The molecule has 0 radical (unpaired) electrons. The van der Waals surface area contributed by atoms with Crippen molar-refractivity contribution in [2.75, 3.05) is 33.0 Å². The smallest absolute Gasteiger partial charge is 0.472 e. The Bertz CT molecular complexity index is 3050. The molecule has 4 unspecified atom stereocenters. The second-order valence-corrected chi connectivity index (χ2v) is 23.9. The van der Waals surface area contributed by atoms with E-state index in [2.05, 4.69) is 15.0 Å². The summed E-state index contributed by atoms with van der Waals surface area (Å²) in [5, 5.41) is 0. The SMILES string of the molecule is CCCCOP(=O)(O)O[C@@H]1C[C@H](n2cc(C)c(=O)[nH]c2=O)O[C@@H]1COP(=O)(O)O[C@@H]1C[C@H](n2cc(C)c(=O)[nH]c2=O)O[C@@H]1COP(=O)(O)O[C@@H]1C[C@H](n2cc(C)c(=O)[nH]c2=O)O[C@@H]1COP(=O)([O-])OCCCC(C)C. The van der Waals surface area contributed by atoms with Crippen LogP contribution in [0, 0.1) is 26.7 Å². The Balaban J connectivity index is 1.19. The molecule has 3 saturated heterocycles. The highest BCUT2D eigenvalue weighted by atomic mass is 31.2. The molecule has 0 saturated carbocycles. The van der Waals surface area contributed by atoms with Crippen LogP contribution in [0.1, 0.15) is 101 Å². The fourth-order valence-corrected chi connectivity index (χ4v) is 11.6. The molecule has 0 aliphatic carbocycles. The summed E-state index contributed by atoms with van der Waals surface area (Å²) < 4.78 is 116. The first-order chi connectivity index (χ1) is 35.0. The molecule has 75 heavy (non-hydrogen) atoms. The summed E-state index contributed by atoms with van der Waals surface area (Å²) >= 11 is 0. The first-order valence-electron chi connectivity index (χ1n) is 23.5. The topological polar surface area (TPSA) is 418 Å². The number of aryl methyl sites for hydroxylation is 3. The Labute approximate surface area is 425 Å². The van der Waals surface area contributed by atoms with E-state index in [1.807, 2.05) is 13.8 Å². The second-order valence-electron chi connectivity index (χ2n) is 18.3. The summed E-state index contributed by atoms with van der Waals surface area (Å²) in [7, 11) is -20.6. The monoisotopic (exact) mass is 1150 g/mol. The minimum atomic E-state index is -5.37. The molecule has 3 fully saturated rings. The molecule has 6 heterocycles. The van der Waals surface area contributed by atoms with Crippen LogP contribution in [0.4, 0.5) is 0 Å². The Morgan fingerprint density at radius 1 is 0.573 bits per heavy atom. The number of hydrogen-bond donors (Lipinski definition) is 6. The zero-order valence-corrected chi connectivity index (χ0v) is 45.0. The summed E-state index contributed by atoms with van der Waals surface area (Å²) in [6.45, 7) is 6.63. The molecule has 13 atom stereocenters. The number of phosphoric acid groups is 4. The van der Waals surface area contributed by atoms with Gasteiger partial charge in [-0.15, -0.1) is 0 Å². The Hall–Kier alpha value is -3.64. The van der Waals surface area contributed by atoms with E-state index in [4.69, 9.17) is 50.4 Å². The third-order valence-electron chi connectivity index (χ3n) is 11.8. The Morgan fingerprint density at radius 2 is 0.907 bits per heavy atom. The molecular weight excluding hydrogens is 1090 g/mol. The normalized spacial score (nSPS) is 27.3. The standard InChI is InChI=1S/C40H62N6O25P4/c1-7-8-11-62-73(55,56)69-26-13-32(44-16-23(4)35(47)41-38(44)50)67-30(26)20-64-75(59,60)71-28-15-34(46-18-25(6)37(49)43-40(46)52)68-31(28)21-65-74(57,58)70-27-14-33(45-17-24(5)36(48)42-39(45)51)66-29(27)19-63-72(53,54)61-12-9-10-22(2)3/h16-18,22,26-34H,7-15,19-21H2,1-6H3,(H,53,54)(H,55,56)(H,57,58)(H,59,60)(H,41,47,50)(H,42,48,51)(H,43,49,52)/p-1/t26-,27-,28-,29-,30-,31-,32-,33-,34-/m1/s1. The number of ether oxygens (including phenoxy) is 3. The molecule has 31 nitrogen and oxygen atoms in total. The Morgan fingerprint density at radius 3 is 1.25 bits per heavy atom. The quantitative estimate of drug-likeness (QED) is 0.0467. The lowest BCUT2D eigenvalue weighted by Crippen LogP contribution is -2.33. The van der Waals surface area contributed by atoms with E-state index in [9.17, 15) is 66.6 Å². The van der Waals surface area contributed by atoms with Crippen LogP contribution in [-0.2, 0) is 68.7 Å². The third-order valence-corrected chi connectivity index (χ3v) is 15.9. The number of aromatic nitrogens is 6. The van der Waals surface area contributed by atoms with Gasteiger partial charge < -0.3 is 42.8 Å². The number of unbranched alkanes of at least 4 members (excludes halogenated alkanes) is 1. The van der Waals surface area contributed by atoms with Gasteiger partial charge in [-0.2, -0.15) is 0 Å². The van der Waals surface area contributed by atoms with Gasteiger partial charge in [0.1, 0.15) is 55.3 Å². The van der Waals surface area contributed by atoms with Crippen molar-refractivity contribution in [2.45, 2.75) is 142 Å². The van der Waals surface area contributed by atoms with Crippen LogP contribution in [0.2, 0.25) is 0 Å². The molecule has 6 rings (SSSR count). The fourth-order valence-electron chi connectivity index (χ4n) is 7.93. The predicted molar refractivity (Wildman–Crippen MR) is 254 cm³/mol. The molecule has 3 aromatic rings. The first kappa shape index (κ1) is 60.6. The van der Waals surface area contributed by atoms with E-state index < -0.39 is 153 Å². The van der Waals surface area contributed by atoms with E-state index in [-0.39, 0.29) is 42.2 Å². The van der Waals surface area contributed by atoms with Gasteiger partial charge in [0.25, 0.3) is 24.5 Å². The minimum absolute atomic E-state index is 0.0369. The van der Waals surface area contributed by atoms with E-state index in [0.29, 0.717) is 25.7 Å². The molecule has 3 aliphatic rings. The van der Waals surface area contributed by atoms with E-state index in [0.717, 1.165) is 32.3 Å². The number of nitrogens with zero attached hydrogens (tertiary/aromatic N) is 3. The maximum Gasteiger partial charge on any atom is 0.472 e. The van der Waals surface area contributed by atoms with Gasteiger partial charge in [0.2, 0.25) is 0 Å². The average Bonchev–Trinajstić information content (AvgIpc) is 4.02. The van der Waals surface area contributed by atoms with Crippen molar-refractivity contribution >= 4 is 31.3 Å². The molecule has 0 spiro atoms. The van der Waals surface area contributed by atoms with Crippen LogP contribution in [-0.4, -0.2) is 113 Å². The first-order valence-corrected chi connectivity index (χ1v) is 29.5. The molecule has 0 bridgehead atoms. The van der Waals surface area contributed by atoms with Gasteiger partial charge >= 0.3 is 40.5 Å². The minimum Gasteiger partial charge on any atom is -0.756 e. The number of aromatic amines is 3.